The van der Waals surface area contributed by atoms with Gasteiger partial charge in [0.05, 0.1) is 12.7 Å². The molecule has 9 heteroatoms. The number of nitrogens with two attached hydrogens (primary N) is 1. The van der Waals surface area contributed by atoms with E-state index in [1.165, 1.54) is 13.4 Å². The second-order valence-corrected chi connectivity index (χ2v) is 6.64. The first-order valence-corrected chi connectivity index (χ1v) is 8.99. The monoisotopic (exact) mass is 476 g/mol. The molecule has 8 nitrogen and oxygen atoms in total. The number of para-hydroxylation sites is 1. The predicted molar refractivity (Wildman–Crippen MR) is 113 cm³/mol. The number of nitrogens with one attached hydrogen (secondary N) is 3. The maximum Gasteiger partial charge on any atom is 0.273 e. The van der Waals surface area contributed by atoms with Crippen molar-refractivity contribution >= 4 is 51.5 Å². The Labute approximate surface area is 169 Å². The summed E-state index contributed by atoms with van der Waals surface area (Å²) in [5, 5.41) is 3.13. The molecule has 0 saturated heterocycles. The molecule has 27 heavy (non-hydrogen) atoms. The van der Waals surface area contributed by atoms with Crippen LogP contribution >= 0.6 is 22.6 Å². The number of rotatable bonds is 6. The Bertz CT molecular complexity index is 949. The van der Waals surface area contributed by atoms with Crippen LogP contribution in [0.25, 0.3) is 0 Å². The molecule has 0 aliphatic carbocycles. The van der Waals surface area contributed by atoms with E-state index >= 15 is 0 Å². The number of nitrogens with zero attached hydrogens (tertiary/aromatic N) is 2. The average molecular weight is 476 g/mol. The molecule has 0 atom stereocenters. The van der Waals surface area contributed by atoms with Crippen LogP contribution in [0, 0.1) is 3.57 Å². The molecule has 0 aliphatic heterocycles. The number of amides is 1. The van der Waals surface area contributed by atoms with Gasteiger partial charge in [-0.2, -0.15) is 0 Å². The van der Waals surface area contributed by atoms with Gasteiger partial charge in [0.25, 0.3) is 5.91 Å². The fourth-order valence-corrected chi connectivity index (χ4v) is 2.64. The maximum atomic E-state index is 12.4. The highest BCUT2D eigenvalue weighted by Gasteiger charge is 2.13. The lowest BCUT2D eigenvalue weighted by atomic mass is 10.2. The third kappa shape index (κ3) is 4.56. The minimum absolute atomic E-state index is 0.274. The smallest absolute Gasteiger partial charge is 0.273 e. The molecule has 1 aromatic heterocycles. The van der Waals surface area contributed by atoms with Crippen LogP contribution in [0.5, 0.6) is 5.75 Å². The number of methoxy groups -OCH3 is 1. The topological polar surface area (TPSA) is 114 Å². The van der Waals surface area contributed by atoms with Crippen molar-refractivity contribution in [3.05, 3.63) is 64.0 Å². The fraction of sp³-hybridized carbons (Fsp3) is 0.0556. The van der Waals surface area contributed by atoms with Gasteiger partial charge in [-0.1, -0.05) is 12.1 Å². The third-order valence-corrected chi connectivity index (χ3v) is 4.36. The van der Waals surface area contributed by atoms with Gasteiger partial charge < -0.3 is 15.8 Å². The molecule has 0 bridgehead atoms. The SMILES string of the molecule is COc1ccccc1C(=O)NNc1ncnc(Nc2ccc(I)cc2)c1N. The molecule has 3 aromatic rings. The van der Waals surface area contributed by atoms with E-state index in [9.17, 15) is 4.79 Å². The van der Waals surface area contributed by atoms with Crippen LogP contribution in [-0.4, -0.2) is 23.0 Å². The Morgan fingerprint density at radius 1 is 1.07 bits per heavy atom. The van der Waals surface area contributed by atoms with Gasteiger partial charge in [-0.3, -0.25) is 15.6 Å². The van der Waals surface area contributed by atoms with Gasteiger partial charge in [0, 0.05) is 9.26 Å². The lowest BCUT2D eigenvalue weighted by Gasteiger charge is -2.14. The molecule has 2 aromatic carbocycles. The number of anilines is 4. The van der Waals surface area contributed by atoms with Crippen LogP contribution in [0.1, 0.15) is 10.4 Å². The Kier molecular flexibility index (Phi) is 5.91. The molecule has 0 fully saturated rings. The molecular weight excluding hydrogens is 459 g/mol. The van der Waals surface area contributed by atoms with Crippen LogP contribution < -0.4 is 26.6 Å². The third-order valence-electron chi connectivity index (χ3n) is 3.64. The van der Waals surface area contributed by atoms with Gasteiger partial charge in [0.2, 0.25) is 0 Å². The highest BCUT2D eigenvalue weighted by atomic mass is 127. The normalized spacial score (nSPS) is 10.1. The predicted octanol–water partition coefficient (Wildman–Crippen LogP) is 3.17. The number of aromatic nitrogens is 2. The summed E-state index contributed by atoms with van der Waals surface area (Å²) >= 11 is 2.23. The number of halogens is 1. The summed E-state index contributed by atoms with van der Waals surface area (Å²) in [7, 11) is 1.50. The fourth-order valence-electron chi connectivity index (χ4n) is 2.28. The molecule has 3 rings (SSSR count). The number of nitrogen functional groups attached to an aromatic ring is 1. The largest absolute Gasteiger partial charge is 0.496 e. The summed E-state index contributed by atoms with van der Waals surface area (Å²) in [4.78, 5) is 20.6. The van der Waals surface area contributed by atoms with Crippen molar-refractivity contribution in [1.82, 2.24) is 15.4 Å². The maximum absolute atomic E-state index is 12.4. The van der Waals surface area contributed by atoms with E-state index in [0.717, 1.165) is 9.26 Å². The number of hydrogen-bond acceptors (Lipinski definition) is 7. The Morgan fingerprint density at radius 2 is 1.78 bits per heavy atom. The summed E-state index contributed by atoms with van der Waals surface area (Å²) in [6, 6.07) is 14.7. The first kappa shape index (κ1) is 18.7. The van der Waals surface area contributed by atoms with E-state index in [-0.39, 0.29) is 17.4 Å². The van der Waals surface area contributed by atoms with Gasteiger partial charge in [-0.05, 0) is 59.0 Å². The minimum atomic E-state index is -0.377. The lowest BCUT2D eigenvalue weighted by Crippen LogP contribution is -2.30. The van der Waals surface area contributed by atoms with Gasteiger partial charge in [0.1, 0.15) is 17.8 Å². The van der Waals surface area contributed by atoms with E-state index in [1.807, 2.05) is 24.3 Å². The van der Waals surface area contributed by atoms with Crippen LogP contribution in [0.15, 0.2) is 54.9 Å². The van der Waals surface area contributed by atoms with Crippen molar-refractivity contribution in [1.29, 1.82) is 0 Å². The van der Waals surface area contributed by atoms with Crippen molar-refractivity contribution < 1.29 is 9.53 Å². The van der Waals surface area contributed by atoms with E-state index in [2.05, 4.69) is 48.7 Å². The quantitative estimate of drug-likeness (QED) is 0.319. The summed E-state index contributed by atoms with van der Waals surface area (Å²) < 4.78 is 6.31. The zero-order valence-corrected chi connectivity index (χ0v) is 16.5. The molecule has 138 valence electrons. The van der Waals surface area contributed by atoms with Gasteiger partial charge in [0.15, 0.2) is 11.6 Å². The standard InChI is InChI=1S/C18H17IN6O2/c1-27-14-5-3-2-4-13(14)18(26)25-24-17-15(20)16(21-10-22-17)23-12-8-6-11(19)7-9-12/h2-10H,20H2,1H3,(H,25,26)(H2,21,22,23,24). The van der Waals surface area contributed by atoms with Crippen molar-refractivity contribution in [2.45, 2.75) is 0 Å². The van der Waals surface area contributed by atoms with Crippen LogP contribution in [-0.2, 0) is 0 Å². The molecule has 5 N–H and O–H groups in total. The van der Waals surface area contributed by atoms with Gasteiger partial charge >= 0.3 is 0 Å². The summed E-state index contributed by atoms with van der Waals surface area (Å²) in [5.74, 6) is 0.799. The van der Waals surface area contributed by atoms with E-state index < -0.39 is 0 Å². The van der Waals surface area contributed by atoms with Crippen molar-refractivity contribution in [3.8, 4) is 5.75 Å². The molecule has 0 saturated carbocycles. The molecule has 0 spiro atoms. The van der Waals surface area contributed by atoms with E-state index in [0.29, 0.717) is 17.1 Å². The van der Waals surface area contributed by atoms with E-state index in [1.54, 1.807) is 24.3 Å². The first-order chi connectivity index (χ1) is 13.1. The van der Waals surface area contributed by atoms with Gasteiger partial charge in [-0.25, -0.2) is 9.97 Å². The van der Waals surface area contributed by atoms with Crippen molar-refractivity contribution in [3.63, 3.8) is 0 Å². The number of ether oxygens (including phenoxy) is 1. The lowest BCUT2D eigenvalue weighted by molar-refractivity contribution is 0.0959. The molecule has 0 radical (unpaired) electrons. The van der Waals surface area contributed by atoms with Crippen LogP contribution in [0.2, 0.25) is 0 Å². The number of hydrazine groups is 1. The summed E-state index contributed by atoms with van der Waals surface area (Å²) in [5.41, 5.74) is 12.9. The van der Waals surface area contributed by atoms with Crippen molar-refractivity contribution in [2.75, 3.05) is 23.6 Å². The molecular formula is C18H17IN6O2. The molecule has 0 unspecified atom stereocenters. The van der Waals surface area contributed by atoms with Crippen LogP contribution in [0.3, 0.4) is 0 Å². The second kappa shape index (κ2) is 8.54. The second-order valence-electron chi connectivity index (χ2n) is 5.40. The molecule has 1 heterocycles. The summed E-state index contributed by atoms with van der Waals surface area (Å²) in [6.45, 7) is 0. The highest BCUT2D eigenvalue weighted by molar-refractivity contribution is 14.1. The van der Waals surface area contributed by atoms with Gasteiger partial charge in [-0.15, -0.1) is 0 Å². The Morgan fingerprint density at radius 3 is 2.52 bits per heavy atom. The number of carbonyl (C=O) groups is 1. The minimum Gasteiger partial charge on any atom is -0.496 e. The van der Waals surface area contributed by atoms with E-state index in [4.69, 9.17) is 10.5 Å². The summed E-state index contributed by atoms with van der Waals surface area (Å²) in [6.07, 6.45) is 1.35. The average Bonchev–Trinajstić information content (AvgIpc) is 2.70. The van der Waals surface area contributed by atoms with Crippen molar-refractivity contribution in [2.24, 2.45) is 0 Å². The molecule has 1 amide bonds. The Hall–Kier alpha value is -3.08. The number of benzene rings is 2. The zero-order chi connectivity index (χ0) is 19.2. The highest BCUT2D eigenvalue weighted by Crippen LogP contribution is 2.25. The Balaban J connectivity index is 1.72. The number of carbonyl (C=O) groups excluding carboxylic acids is 1. The molecule has 0 aliphatic rings. The van der Waals surface area contributed by atoms with Crippen LogP contribution in [0.4, 0.5) is 23.0 Å². The number of hydrogen-bond donors (Lipinski definition) is 4. The first-order valence-electron chi connectivity index (χ1n) is 7.91. The zero-order valence-electron chi connectivity index (χ0n) is 14.4.